The van der Waals surface area contributed by atoms with E-state index in [1.165, 1.54) is 6.42 Å². The molecule has 0 fully saturated rings. The Bertz CT molecular complexity index is 447. The lowest BCUT2D eigenvalue weighted by Gasteiger charge is -2.22. The van der Waals surface area contributed by atoms with Crippen LogP contribution in [0.4, 0.5) is 9.59 Å². The van der Waals surface area contributed by atoms with Gasteiger partial charge in [0.05, 0.1) is 12.2 Å². The molecule has 0 rings (SSSR count). The molecule has 0 radical (unpaired) electrons. The third-order valence-corrected chi connectivity index (χ3v) is 2.98. The summed E-state index contributed by atoms with van der Waals surface area (Å²) in [4.78, 5) is 35.9. The highest BCUT2D eigenvalue weighted by Gasteiger charge is 2.26. The van der Waals surface area contributed by atoms with E-state index in [-0.39, 0.29) is 12.5 Å². The Balaban J connectivity index is 4.59. The van der Waals surface area contributed by atoms with Crippen molar-refractivity contribution in [1.29, 1.82) is 0 Å². The van der Waals surface area contributed by atoms with Crippen LogP contribution in [-0.2, 0) is 14.3 Å². The van der Waals surface area contributed by atoms with E-state index < -0.39 is 24.2 Å². The van der Waals surface area contributed by atoms with Crippen molar-refractivity contribution in [2.24, 2.45) is 0 Å². The summed E-state index contributed by atoms with van der Waals surface area (Å²) in [6, 6.07) is 0. The molecule has 0 saturated carbocycles. The largest absolute Gasteiger partial charge is 0.446 e. The Morgan fingerprint density at radius 1 is 0.960 bits per heavy atom. The van der Waals surface area contributed by atoms with Crippen molar-refractivity contribution in [3.05, 3.63) is 12.2 Å². The van der Waals surface area contributed by atoms with Crippen molar-refractivity contribution in [1.82, 2.24) is 10.4 Å². The first-order chi connectivity index (χ1) is 11.8. The van der Waals surface area contributed by atoms with Gasteiger partial charge in [0.25, 0.3) is 5.91 Å². The Kier molecular flexibility index (Phi) is 12.2. The minimum Gasteiger partial charge on any atom is -0.446 e. The fraction of sp³-hybridized carbons (Fsp3) is 0.722. The molecular weight excluding hydrogens is 324 g/mol. The molecule has 1 N–H and O–H groups in total. The molecule has 0 bridgehead atoms. The molecular formula is C18H32N2O5. The highest BCUT2D eigenvalue weighted by Crippen LogP contribution is 2.05. The minimum absolute atomic E-state index is 0.0828. The van der Waals surface area contributed by atoms with Gasteiger partial charge in [-0.3, -0.25) is 4.79 Å². The number of imide groups is 1. The van der Waals surface area contributed by atoms with Gasteiger partial charge in [0.1, 0.15) is 0 Å². The Hall–Kier alpha value is -2.05. The zero-order chi connectivity index (χ0) is 19.2. The summed E-state index contributed by atoms with van der Waals surface area (Å²) in [5, 5.41) is 0.579. The molecule has 0 aromatic rings. The van der Waals surface area contributed by atoms with Crippen molar-refractivity contribution < 1.29 is 23.9 Å². The first kappa shape index (κ1) is 22.9. The smallest absolute Gasteiger partial charge is 0.436 e. The summed E-state index contributed by atoms with van der Waals surface area (Å²) >= 11 is 0. The highest BCUT2D eigenvalue weighted by atomic mass is 16.6. The van der Waals surface area contributed by atoms with Crippen molar-refractivity contribution in [2.75, 3.05) is 0 Å². The number of carbonyl (C=O) groups excluding carboxylic acids is 3. The lowest BCUT2D eigenvalue weighted by molar-refractivity contribution is -0.132. The van der Waals surface area contributed by atoms with Crippen LogP contribution >= 0.6 is 0 Å². The standard InChI is InChI=1S/C18H32N2O5/c1-6-7-8-9-10-11-12-13-16(21)20(18(23)25-15(4)5)19-17(22)24-14(2)3/h10-11,14-15H,6-9,12-13H2,1-5H3,(H,19,22)/b11-10-. The second-order valence-corrected chi connectivity index (χ2v) is 6.23. The molecule has 0 atom stereocenters. The van der Waals surface area contributed by atoms with Crippen LogP contribution in [0.25, 0.3) is 0 Å². The summed E-state index contributed by atoms with van der Waals surface area (Å²) in [6.07, 6.45) is 6.36. The summed E-state index contributed by atoms with van der Waals surface area (Å²) in [5.74, 6) is -0.551. The van der Waals surface area contributed by atoms with Crippen LogP contribution < -0.4 is 5.43 Å². The topological polar surface area (TPSA) is 84.9 Å². The number of hydrazine groups is 1. The summed E-state index contributed by atoms with van der Waals surface area (Å²) < 4.78 is 9.89. The minimum atomic E-state index is -0.923. The average Bonchev–Trinajstić information content (AvgIpc) is 2.50. The van der Waals surface area contributed by atoms with E-state index in [0.29, 0.717) is 11.4 Å². The molecule has 0 spiro atoms. The third kappa shape index (κ3) is 12.0. The number of hydrogen-bond donors (Lipinski definition) is 1. The molecule has 0 aromatic heterocycles. The van der Waals surface area contributed by atoms with E-state index in [4.69, 9.17) is 9.47 Å². The van der Waals surface area contributed by atoms with Crippen molar-refractivity contribution in [3.63, 3.8) is 0 Å². The van der Waals surface area contributed by atoms with Crippen molar-refractivity contribution >= 4 is 18.1 Å². The number of unbranched alkanes of at least 4 members (excludes halogenated alkanes) is 3. The summed E-state index contributed by atoms with van der Waals surface area (Å²) in [6.45, 7) is 8.80. The van der Waals surface area contributed by atoms with E-state index >= 15 is 0 Å². The first-order valence-electron chi connectivity index (χ1n) is 8.93. The highest BCUT2D eigenvalue weighted by molar-refractivity contribution is 5.93. The third-order valence-electron chi connectivity index (χ3n) is 2.98. The molecule has 7 nitrogen and oxygen atoms in total. The van der Waals surface area contributed by atoms with Gasteiger partial charge in [-0.2, -0.15) is 0 Å². The lowest BCUT2D eigenvalue weighted by Crippen LogP contribution is -2.51. The maximum Gasteiger partial charge on any atom is 0.436 e. The van der Waals surface area contributed by atoms with Crippen LogP contribution in [0.3, 0.4) is 0 Å². The number of carbonyl (C=O) groups is 3. The van der Waals surface area contributed by atoms with Crippen molar-refractivity contribution in [2.45, 2.75) is 85.4 Å². The maximum atomic E-state index is 12.2. The van der Waals surface area contributed by atoms with Gasteiger partial charge in [-0.1, -0.05) is 31.9 Å². The summed E-state index contributed by atoms with van der Waals surface area (Å²) in [7, 11) is 0. The fourth-order valence-corrected chi connectivity index (χ4v) is 1.86. The number of ether oxygens (including phenoxy) is 2. The van der Waals surface area contributed by atoms with Gasteiger partial charge in [0.15, 0.2) is 0 Å². The predicted octanol–water partition coefficient (Wildman–Crippen LogP) is 4.33. The van der Waals surface area contributed by atoms with Gasteiger partial charge in [-0.15, -0.1) is 5.01 Å². The number of nitrogens with one attached hydrogen (secondary N) is 1. The number of nitrogens with zero attached hydrogens (tertiary/aromatic N) is 1. The quantitative estimate of drug-likeness (QED) is 0.378. The first-order valence-corrected chi connectivity index (χ1v) is 8.93. The molecule has 144 valence electrons. The van der Waals surface area contributed by atoms with Crippen LogP contribution in [0.2, 0.25) is 0 Å². The van der Waals surface area contributed by atoms with E-state index in [1.807, 2.05) is 12.2 Å². The average molecular weight is 356 g/mol. The van der Waals surface area contributed by atoms with Crippen LogP contribution in [0.1, 0.15) is 73.1 Å². The molecule has 0 unspecified atom stereocenters. The van der Waals surface area contributed by atoms with Crippen molar-refractivity contribution in [3.8, 4) is 0 Å². The van der Waals surface area contributed by atoms with Gasteiger partial charge in [0, 0.05) is 6.42 Å². The summed E-state index contributed by atoms with van der Waals surface area (Å²) in [5.41, 5.74) is 2.15. The van der Waals surface area contributed by atoms with Gasteiger partial charge < -0.3 is 9.47 Å². The van der Waals surface area contributed by atoms with E-state index in [0.717, 1.165) is 19.3 Å². The van der Waals surface area contributed by atoms with Gasteiger partial charge >= 0.3 is 12.2 Å². The zero-order valence-electron chi connectivity index (χ0n) is 16.0. The Morgan fingerprint density at radius 3 is 2.12 bits per heavy atom. The van der Waals surface area contributed by atoms with E-state index in [9.17, 15) is 14.4 Å². The second-order valence-electron chi connectivity index (χ2n) is 6.23. The van der Waals surface area contributed by atoms with Gasteiger partial charge in [-0.05, 0) is 47.0 Å². The molecule has 25 heavy (non-hydrogen) atoms. The molecule has 0 heterocycles. The monoisotopic (exact) mass is 356 g/mol. The lowest BCUT2D eigenvalue weighted by atomic mass is 10.2. The van der Waals surface area contributed by atoms with Gasteiger partial charge in [0.2, 0.25) is 0 Å². The van der Waals surface area contributed by atoms with Crippen LogP contribution in [0.5, 0.6) is 0 Å². The SMILES string of the molecule is CCCCC/C=C\CCC(=O)N(NC(=O)OC(C)C)C(=O)OC(C)C. The van der Waals surface area contributed by atoms with Crippen LogP contribution in [0.15, 0.2) is 12.2 Å². The molecule has 0 aliphatic rings. The van der Waals surface area contributed by atoms with E-state index in [2.05, 4.69) is 12.3 Å². The van der Waals surface area contributed by atoms with E-state index in [1.54, 1.807) is 27.7 Å². The number of allylic oxidation sites excluding steroid dienone is 2. The maximum absolute atomic E-state index is 12.2. The molecule has 0 aliphatic heterocycles. The number of hydrogen-bond acceptors (Lipinski definition) is 5. The second kappa shape index (κ2) is 13.3. The predicted molar refractivity (Wildman–Crippen MR) is 95.7 cm³/mol. The molecule has 0 aromatic carbocycles. The van der Waals surface area contributed by atoms with Gasteiger partial charge in [-0.25, -0.2) is 15.0 Å². The Morgan fingerprint density at radius 2 is 1.56 bits per heavy atom. The van der Waals surface area contributed by atoms with Crippen LogP contribution in [-0.4, -0.2) is 35.3 Å². The fourth-order valence-electron chi connectivity index (χ4n) is 1.86. The molecule has 0 aliphatic carbocycles. The molecule has 7 heteroatoms. The number of amides is 3. The normalized spacial score (nSPS) is 11.0. The zero-order valence-corrected chi connectivity index (χ0v) is 16.0. The van der Waals surface area contributed by atoms with Crippen LogP contribution in [0, 0.1) is 0 Å². The molecule has 0 saturated heterocycles. The number of rotatable bonds is 9. The molecule has 3 amide bonds. The Labute approximate surface area is 150 Å².